The van der Waals surface area contributed by atoms with Crippen LogP contribution in [0.3, 0.4) is 0 Å². The Balaban J connectivity index is 0.00000348. The van der Waals surface area contributed by atoms with Crippen molar-refractivity contribution in [3.05, 3.63) is 115 Å². The Morgan fingerprint density at radius 3 is 2.12 bits per heavy atom. The van der Waals surface area contributed by atoms with Crippen LogP contribution in [0.4, 0.5) is 0 Å². The van der Waals surface area contributed by atoms with Crippen LogP contribution in [0, 0.1) is 12.1 Å². The standard InChI is InChI=1S/C42H33N3O3.Pt/c1-41(2,3)24-16-18-43-30(20-24)29-23-35(40-38-37-33(47-39(29)38)12-9-13-34(37)48-40)46-26-14-15-28-27-10-7-8-11-31(27)45(32(28)22-26)36-21-25(17-19-44-36)42(4,5)6;/h7-21H,1-6H3;/q-2;+2. The van der Waals surface area contributed by atoms with E-state index in [1.807, 2.05) is 36.7 Å². The molecular formula is C42H33N3O3Pt. The average Bonchev–Trinajstić information content (AvgIpc) is 3.75. The van der Waals surface area contributed by atoms with Crippen molar-refractivity contribution in [2.24, 2.45) is 0 Å². The fourth-order valence-electron chi connectivity index (χ4n) is 6.72. The molecular weight excluding hydrogens is 790 g/mol. The van der Waals surface area contributed by atoms with E-state index in [1.54, 1.807) is 0 Å². The molecule has 7 heteroatoms. The third-order valence-electron chi connectivity index (χ3n) is 9.28. The summed E-state index contributed by atoms with van der Waals surface area (Å²) in [6.45, 7) is 13.2. The van der Waals surface area contributed by atoms with Crippen LogP contribution < -0.4 is 4.74 Å². The molecule has 6 nitrogen and oxygen atoms in total. The number of aromatic nitrogens is 3. The number of hydrogen-bond donors (Lipinski definition) is 0. The van der Waals surface area contributed by atoms with Gasteiger partial charge in [-0.1, -0.05) is 89.0 Å². The molecule has 5 aromatic heterocycles. The van der Waals surface area contributed by atoms with E-state index in [-0.39, 0.29) is 31.9 Å². The third kappa shape index (κ3) is 4.96. The first kappa shape index (κ1) is 31.3. The van der Waals surface area contributed by atoms with Gasteiger partial charge < -0.3 is 23.1 Å². The summed E-state index contributed by atoms with van der Waals surface area (Å²) in [6, 6.07) is 33.8. The first-order valence-electron chi connectivity index (χ1n) is 16.2. The van der Waals surface area contributed by atoms with E-state index >= 15 is 0 Å². The van der Waals surface area contributed by atoms with Crippen molar-refractivity contribution in [3.8, 4) is 28.6 Å². The normalized spacial score (nSPS) is 12.5. The van der Waals surface area contributed by atoms with Crippen LogP contribution in [0.1, 0.15) is 52.7 Å². The molecule has 0 bridgehead atoms. The van der Waals surface area contributed by atoms with Crippen molar-refractivity contribution in [3.63, 3.8) is 0 Å². The molecule has 0 N–H and O–H groups in total. The zero-order valence-electron chi connectivity index (χ0n) is 28.0. The fraction of sp³-hybridized carbons (Fsp3) is 0.190. The van der Waals surface area contributed by atoms with Gasteiger partial charge in [-0.05, 0) is 74.8 Å². The smallest absolute Gasteiger partial charge is 0.500 e. The van der Waals surface area contributed by atoms with Crippen LogP contribution in [0.5, 0.6) is 11.5 Å². The first-order valence-corrected chi connectivity index (χ1v) is 16.2. The number of hydrogen-bond acceptors (Lipinski definition) is 5. The van der Waals surface area contributed by atoms with E-state index in [4.69, 9.17) is 23.5 Å². The SMILES string of the molecule is CC(C)(C)c1ccnc(-c2[c-]c(Oc3[c-]c4c(cc3)c3ccccc3n4-c3cc(C(C)(C)C)ccn3)c3oc4cccc5oc2c3c45)c1.[Pt+2]. The summed E-state index contributed by atoms with van der Waals surface area (Å²) in [5.74, 6) is 1.82. The zero-order chi connectivity index (χ0) is 32.9. The topological polar surface area (TPSA) is 66.2 Å². The van der Waals surface area contributed by atoms with E-state index in [0.717, 1.165) is 60.8 Å². The minimum Gasteiger partial charge on any atom is -0.500 e. The van der Waals surface area contributed by atoms with Gasteiger partial charge in [-0.15, -0.1) is 17.5 Å². The molecule has 0 saturated carbocycles. The number of ether oxygens (including phenoxy) is 1. The Labute approximate surface area is 298 Å². The molecule has 5 heterocycles. The maximum Gasteiger partial charge on any atom is 2.00 e. The molecule has 0 aliphatic rings. The number of benzene rings is 4. The summed E-state index contributed by atoms with van der Waals surface area (Å²) in [5.41, 5.74) is 8.44. The monoisotopic (exact) mass is 822 g/mol. The number of para-hydroxylation sites is 1. The largest absolute Gasteiger partial charge is 2.00 e. The summed E-state index contributed by atoms with van der Waals surface area (Å²) >= 11 is 0. The molecule has 0 spiro atoms. The van der Waals surface area contributed by atoms with Crippen LogP contribution in [-0.2, 0) is 31.9 Å². The predicted octanol–water partition coefficient (Wildman–Crippen LogP) is 11.3. The molecule has 4 aromatic carbocycles. The van der Waals surface area contributed by atoms with Crippen molar-refractivity contribution >= 4 is 54.9 Å². The van der Waals surface area contributed by atoms with Gasteiger partial charge in [0.2, 0.25) is 0 Å². The second-order valence-electron chi connectivity index (χ2n) is 14.6. The zero-order valence-corrected chi connectivity index (χ0v) is 30.3. The molecule has 0 aliphatic carbocycles. The minimum absolute atomic E-state index is 0. The molecule has 0 saturated heterocycles. The predicted molar refractivity (Wildman–Crippen MR) is 192 cm³/mol. The Kier molecular flexibility index (Phi) is 7.07. The number of pyridine rings is 2. The van der Waals surface area contributed by atoms with Gasteiger partial charge in [-0.25, -0.2) is 4.98 Å². The second-order valence-corrected chi connectivity index (χ2v) is 14.6. The van der Waals surface area contributed by atoms with E-state index in [1.165, 1.54) is 11.1 Å². The van der Waals surface area contributed by atoms with Gasteiger partial charge >= 0.3 is 21.1 Å². The molecule has 9 rings (SSSR count). The van der Waals surface area contributed by atoms with Gasteiger partial charge in [0.15, 0.2) is 0 Å². The van der Waals surface area contributed by atoms with Gasteiger partial charge in [0.25, 0.3) is 0 Å². The van der Waals surface area contributed by atoms with Gasteiger partial charge in [-0.3, -0.25) is 0 Å². The van der Waals surface area contributed by atoms with Crippen molar-refractivity contribution in [1.29, 1.82) is 0 Å². The maximum absolute atomic E-state index is 6.71. The van der Waals surface area contributed by atoms with Crippen molar-refractivity contribution in [2.45, 2.75) is 52.4 Å². The van der Waals surface area contributed by atoms with E-state index in [0.29, 0.717) is 22.7 Å². The van der Waals surface area contributed by atoms with Crippen molar-refractivity contribution < 1.29 is 34.6 Å². The number of rotatable bonds is 4. The maximum atomic E-state index is 6.71. The number of fused-ring (bicyclic) bond motifs is 3. The Bertz CT molecular complexity index is 2680. The second kappa shape index (κ2) is 11.0. The van der Waals surface area contributed by atoms with E-state index in [9.17, 15) is 0 Å². The number of nitrogens with zero attached hydrogens (tertiary/aromatic N) is 3. The van der Waals surface area contributed by atoms with Crippen molar-refractivity contribution in [2.75, 3.05) is 0 Å². The molecule has 0 radical (unpaired) electrons. The molecule has 0 amide bonds. The van der Waals surface area contributed by atoms with Crippen LogP contribution in [-0.4, -0.2) is 14.5 Å². The summed E-state index contributed by atoms with van der Waals surface area (Å²) < 4.78 is 21.8. The van der Waals surface area contributed by atoms with Crippen LogP contribution in [0.2, 0.25) is 0 Å². The van der Waals surface area contributed by atoms with Gasteiger partial charge in [-0.2, -0.15) is 6.07 Å². The quantitative estimate of drug-likeness (QED) is 0.165. The van der Waals surface area contributed by atoms with Crippen LogP contribution >= 0.6 is 0 Å². The van der Waals surface area contributed by atoms with Crippen molar-refractivity contribution in [1.82, 2.24) is 14.5 Å². The van der Waals surface area contributed by atoms with E-state index in [2.05, 4.69) is 113 Å². The number of furan rings is 2. The van der Waals surface area contributed by atoms with Crippen LogP contribution in [0.15, 0.2) is 100 Å². The Hall–Kier alpha value is -4.93. The fourth-order valence-corrected chi connectivity index (χ4v) is 6.72. The summed E-state index contributed by atoms with van der Waals surface area (Å²) in [6.07, 6.45) is 3.73. The van der Waals surface area contributed by atoms with E-state index < -0.39 is 0 Å². The minimum atomic E-state index is -0.0573. The summed E-state index contributed by atoms with van der Waals surface area (Å²) in [7, 11) is 0. The average molecular weight is 823 g/mol. The third-order valence-corrected chi connectivity index (χ3v) is 9.28. The van der Waals surface area contributed by atoms with Gasteiger partial charge in [0.1, 0.15) is 17.0 Å². The van der Waals surface area contributed by atoms with Gasteiger partial charge in [0.05, 0.1) is 22.3 Å². The Morgan fingerprint density at radius 2 is 1.37 bits per heavy atom. The molecule has 0 unspecified atom stereocenters. The van der Waals surface area contributed by atoms with Crippen LogP contribution in [0.25, 0.3) is 72.0 Å². The molecule has 0 atom stereocenters. The first-order chi connectivity index (χ1) is 23.0. The molecule has 0 fully saturated rings. The molecule has 244 valence electrons. The van der Waals surface area contributed by atoms with Gasteiger partial charge in [0, 0.05) is 23.7 Å². The Morgan fingerprint density at radius 1 is 0.673 bits per heavy atom. The summed E-state index contributed by atoms with van der Waals surface area (Å²) in [4.78, 5) is 9.59. The molecule has 9 aromatic rings. The molecule has 0 aliphatic heterocycles. The summed E-state index contributed by atoms with van der Waals surface area (Å²) in [5, 5.41) is 3.98. The molecule has 49 heavy (non-hydrogen) atoms.